The topological polar surface area (TPSA) is 94.3 Å². The number of ether oxygens (including phenoxy) is 2. The number of amides is 1. The summed E-state index contributed by atoms with van der Waals surface area (Å²) in [5.41, 5.74) is 3.16. The van der Waals surface area contributed by atoms with Crippen LogP contribution in [0.3, 0.4) is 0 Å². The van der Waals surface area contributed by atoms with Gasteiger partial charge < -0.3 is 9.47 Å². The Labute approximate surface area is 190 Å². The van der Waals surface area contributed by atoms with Crippen LogP contribution in [0.25, 0.3) is 6.08 Å². The molecule has 33 heavy (non-hydrogen) atoms. The van der Waals surface area contributed by atoms with Crippen LogP contribution in [0.4, 0.5) is 11.4 Å². The maximum absolute atomic E-state index is 13.1. The molecule has 1 aliphatic heterocycles. The summed E-state index contributed by atoms with van der Waals surface area (Å²) in [5.74, 6) is 0.735. The zero-order valence-electron chi connectivity index (χ0n) is 18.1. The van der Waals surface area contributed by atoms with E-state index in [2.05, 4.69) is 5.10 Å². The predicted molar refractivity (Wildman–Crippen MR) is 125 cm³/mol. The molecule has 0 aromatic heterocycles. The Hall–Kier alpha value is -4.46. The Balaban J connectivity index is 1.62. The molecule has 0 bridgehead atoms. The fourth-order valence-corrected chi connectivity index (χ4v) is 3.42. The summed E-state index contributed by atoms with van der Waals surface area (Å²) in [4.78, 5) is 23.5. The molecule has 3 aromatic rings. The van der Waals surface area contributed by atoms with Gasteiger partial charge in [-0.2, -0.15) is 10.1 Å². The van der Waals surface area contributed by atoms with Crippen LogP contribution in [0.1, 0.15) is 18.1 Å². The molecule has 0 radical (unpaired) electrons. The average molecular weight is 443 g/mol. The van der Waals surface area contributed by atoms with E-state index in [0.717, 1.165) is 5.56 Å². The summed E-state index contributed by atoms with van der Waals surface area (Å²) in [7, 11) is 1.54. The van der Waals surface area contributed by atoms with Crippen molar-refractivity contribution in [3.8, 4) is 11.5 Å². The highest BCUT2D eigenvalue weighted by molar-refractivity contribution is 6.32. The lowest BCUT2D eigenvalue weighted by atomic mass is 10.1. The molecule has 0 spiro atoms. The van der Waals surface area contributed by atoms with Gasteiger partial charge >= 0.3 is 0 Å². The number of rotatable bonds is 7. The smallest absolute Gasteiger partial charge is 0.280 e. The molecule has 0 fully saturated rings. The van der Waals surface area contributed by atoms with Crippen molar-refractivity contribution in [1.82, 2.24) is 0 Å². The van der Waals surface area contributed by atoms with Gasteiger partial charge in [0.15, 0.2) is 11.5 Å². The molecular formula is C25H21N3O5. The van der Waals surface area contributed by atoms with Crippen LogP contribution in [-0.2, 0) is 11.4 Å². The van der Waals surface area contributed by atoms with E-state index in [1.165, 1.54) is 24.3 Å². The predicted octanol–water partition coefficient (Wildman–Crippen LogP) is 4.99. The number of para-hydroxylation sites is 2. The Bertz CT molecular complexity index is 1250. The molecule has 1 aliphatic rings. The number of hydrogen-bond acceptors (Lipinski definition) is 6. The summed E-state index contributed by atoms with van der Waals surface area (Å²) < 4.78 is 11.5. The number of methoxy groups -OCH3 is 1. The van der Waals surface area contributed by atoms with Gasteiger partial charge in [-0.3, -0.25) is 14.9 Å². The molecule has 3 aromatic carbocycles. The van der Waals surface area contributed by atoms with Crippen LogP contribution < -0.4 is 14.5 Å². The van der Waals surface area contributed by atoms with Gasteiger partial charge in [0.05, 0.1) is 29.0 Å². The van der Waals surface area contributed by atoms with Gasteiger partial charge in [-0.25, -0.2) is 0 Å². The van der Waals surface area contributed by atoms with Crippen molar-refractivity contribution in [2.75, 3.05) is 12.1 Å². The lowest BCUT2D eigenvalue weighted by Gasteiger charge is -2.14. The number of carbonyl (C=O) groups is 1. The van der Waals surface area contributed by atoms with Crippen LogP contribution in [0.5, 0.6) is 11.5 Å². The number of benzene rings is 3. The quantitative estimate of drug-likeness (QED) is 0.291. The summed E-state index contributed by atoms with van der Waals surface area (Å²) in [6.07, 6.45) is 1.73. The van der Waals surface area contributed by atoms with Gasteiger partial charge in [-0.1, -0.05) is 30.3 Å². The molecule has 8 nitrogen and oxygen atoms in total. The number of hydrogen-bond donors (Lipinski definition) is 0. The molecule has 0 aliphatic carbocycles. The molecular weight excluding hydrogens is 422 g/mol. The van der Waals surface area contributed by atoms with E-state index in [-0.39, 0.29) is 18.2 Å². The molecule has 0 atom stereocenters. The van der Waals surface area contributed by atoms with Gasteiger partial charge in [0, 0.05) is 17.7 Å². The second-order valence-corrected chi connectivity index (χ2v) is 7.29. The van der Waals surface area contributed by atoms with Crippen molar-refractivity contribution in [2.24, 2.45) is 5.10 Å². The van der Waals surface area contributed by atoms with Gasteiger partial charge in [-0.05, 0) is 48.9 Å². The fourth-order valence-electron chi connectivity index (χ4n) is 3.42. The molecule has 0 N–H and O–H groups in total. The second-order valence-electron chi connectivity index (χ2n) is 7.29. The van der Waals surface area contributed by atoms with E-state index in [4.69, 9.17) is 9.47 Å². The third-order valence-corrected chi connectivity index (χ3v) is 5.12. The molecule has 4 rings (SSSR count). The zero-order chi connectivity index (χ0) is 23.4. The van der Waals surface area contributed by atoms with Crippen molar-refractivity contribution in [2.45, 2.75) is 13.5 Å². The molecule has 1 amide bonds. The van der Waals surface area contributed by atoms with Crippen LogP contribution in [0.2, 0.25) is 0 Å². The first kappa shape index (κ1) is 21.8. The van der Waals surface area contributed by atoms with Gasteiger partial charge in [0.25, 0.3) is 11.6 Å². The minimum atomic E-state index is -0.448. The number of carbonyl (C=O) groups excluding carboxylic acids is 1. The van der Waals surface area contributed by atoms with Crippen molar-refractivity contribution >= 4 is 29.1 Å². The lowest BCUT2D eigenvalue weighted by Crippen LogP contribution is -2.21. The lowest BCUT2D eigenvalue weighted by molar-refractivity contribution is -0.384. The van der Waals surface area contributed by atoms with Crippen LogP contribution in [-0.4, -0.2) is 23.7 Å². The highest BCUT2D eigenvalue weighted by Crippen LogP contribution is 2.35. The van der Waals surface area contributed by atoms with Gasteiger partial charge in [0.2, 0.25) is 0 Å². The number of anilines is 1. The van der Waals surface area contributed by atoms with Crippen molar-refractivity contribution in [3.05, 3.63) is 99.6 Å². The minimum absolute atomic E-state index is 0.0129. The van der Waals surface area contributed by atoms with E-state index >= 15 is 0 Å². The Morgan fingerprint density at radius 2 is 1.76 bits per heavy atom. The largest absolute Gasteiger partial charge is 0.493 e. The zero-order valence-corrected chi connectivity index (χ0v) is 18.1. The summed E-state index contributed by atoms with van der Waals surface area (Å²) >= 11 is 0. The Morgan fingerprint density at radius 1 is 1.03 bits per heavy atom. The molecule has 0 saturated heterocycles. The number of hydrazone groups is 1. The molecule has 166 valence electrons. The van der Waals surface area contributed by atoms with Crippen molar-refractivity contribution in [1.29, 1.82) is 0 Å². The summed E-state index contributed by atoms with van der Waals surface area (Å²) in [6.45, 7) is 1.95. The average Bonchev–Trinajstić information content (AvgIpc) is 3.12. The summed E-state index contributed by atoms with van der Waals surface area (Å²) in [6, 6.07) is 20.8. The molecule has 1 heterocycles. The fraction of sp³-hybridized carbons (Fsp3) is 0.120. The maximum Gasteiger partial charge on any atom is 0.280 e. The van der Waals surface area contributed by atoms with E-state index in [0.29, 0.717) is 34.0 Å². The first-order chi connectivity index (χ1) is 16.0. The number of nitro groups is 1. The minimum Gasteiger partial charge on any atom is -0.493 e. The highest BCUT2D eigenvalue weighted by Gasteiger charge is 2.29. The summed E-state index contributed by atoms with van der Waals surface area (Å²) in [5, 5.41) is 16.6. The van der Waals surface area contributed by atoms with Crippen molar-refractivity contribution in [3.63, 3.8) is 0 Å². The molecule has 8 heteroatoms. The number of nitro benzene ring substituents is 1. The first-order valence-electron chi connectivity index (χ1n) is 10.2. The normalized spacial score (nSPS) is 14.4. The van der Waals surface area contributed by atoms with E-state index in [1.807, 2.05) is 42.5 Å². The number of nitrogens with zero attached hydrogens (tertiary/aromatic N) is 3. The second kappa shape index (κ2) is 9.35. The Morgan fingerprint density at radius 3 is 2.42 bits per heavy atom. The van der Waals surface area contributed by atoms with Crippen LogP contribution >= 0.6 is 0 Å². The number of non-ortho nitro benzene ring substituents is 1. The monoisotopic (exact) mass is 443 g/mol. The molecule has 0 unspecified atom stereocenters. The maximum atomic E-state index is 13.1. The third-order valence-electron chi connectivity index (χ3n) is 5.12. The standard InChI is InChI=1S/C25H21N3O5/c1-17-22(25(29)27(26-17)20-8-4-3-5-9-20)15-19-7-6-10-23(32-2)24(19)33-16-18-11-13-21(14-12-18)28(30)31/h3-15H,16H2,1-2H3/b22-15+. The van der Waals surface area contributed by atoms with E-state index in [9.17, 15) is 14.9 Å². The molecule has 0 saturated carbocycles. The van der Waals surface area contributed by atoms with E-state index < -0.39 is 4.92 Å². The van der Waals surface area contributed by atoms with Crippen molar-refractivity contribution < 1.29 is 19.2 Å². The van der Waals surface area contributed by atoms with Crippen LogP contribution in [0.15, 0.2) is 83.5 Å². The van der Waals surface area contributed by atoms with E-state index in [1.54, 1.807) is 31.2 Å². The van der Waals surface area contributed by atoms with Gasteiger partial charge in [-0.15, -0.1) is 0 Å². The van der Waals surface area contributed by atoms with Gasteiger partial charge in [0.1, 0.15) is 6.61 Å². The third kappa shape index (κ3) is 4.59. The Kier molecular flexibility index (Phi) is 6.17. The first-order valence-corrected chi connectivity index (χ1v) is 10.2. The highest BCUT2D eigenvalue weighted by atomic mass is 16.6. The van der Waals surface area contributed by atoms with Crippen LogP contribution in [0, 0.1) is 10.1 Å². The SMILES string of the molecule is COc1cccc(/C=C2/C(=O)N(c3ccccc3)N=C2C)c1OCc1ccc([N+](=O)[O-])cc1.